The Kier molecular flexibility index (Phi) is 6.26. The largest absolute Gasteiger partial charge is 0.402 e. The minimum absolute atomic E-state index is 0.197. The Hall–Kier alpha value is -4.44. The fourth-order valence-corrected chi connectivity index (χ4v) is 4.25. The highest BCUT2D eigenvalue weighted by Gasteiger charge is 2.21. The lowest BCUT2D eigenvalue weighted by Crippen LogP contribution is -2.30. The summed E-state index contributed by atoms with van der Waals surface area (Å²) in [6, 6.07) is 13.1. The number of halogens is 1. The predicted octanol–water partition coefficient (Wildman–Crippen LogP) is 3.55. The van der Waals surface area contributed by atoms with Gasteiger partial charge in [-0.2, -0.15) is 5.10 Å². The number of aromatic nitrogens is 5. The average Bonchev–Trinajstić information content (AvgIpc) is 3.47. The summed E-state index contributed by atoms with van der Waals surface area (Å²) in [6.45, 7) is 1.83. The van der Waals surface area contributed by atoms with E-state index in [0.717, 1.165) is 16.9 Å². The first-order valence-electron chi connectivity index (χ1n) is 11.2. The lowest BCUT2D eigenvalue weighted by molar-refractivity contribution is 0.775. The van der Waals surface area contributed by atoms with Crippen LogP contribution >= 0.6 is 11.6 Å². The van der Waals surface area contributed by atoms with Gasteiger partial charge in [0.15, 0.2) is 11.5 Å². The highest BCUT2D eigenvalue weighted by Crippen LogP contribution is 2.26. The number of hydrogen-bond acceptors (Lipinski definition) is 8. The van der Waals surface area contributed by atoms with E-state index in [2.05, 4.69) is 30.9 Å². The Morgan fingerprint density at radius 2 is 2.06 bits per heavy atom. The highest BCUT2D eigenvalue weighted by atomic mass is 35.5. The van der Waals surface area contributed by atoms with Gasteiger partial charge in [-0.25, -0.2) is 4.99 Å². The van der Waals surface area contributed by atoms with Gasteiger partial charge < -0.3 is 16.4 Å². The Balaban J connectivity index is 1.49. The van der Waals surface area contributed by atoms with Gasteiger partial charge >= 0.3 is 0 Å². The van der Waals surface area contributed by atoms with Gasteiger partial charge in [-0.1, -0.05) is 23.7 Å². The molecule has 0 bridgehead atoms. The molecule has 5 rings (SSSR count). The number of rotatable bonds is 5. The van der Waals surface area contributed by atoms with Crippen molar-refractivity contribution in [3.8, 4) is 0 Å². The number of fused-ring (bicyclic) bond motifs is 1. The Labute approximate surface area is 212 Å². The number of aryl methyl sites for hydroxylation is 1. The van der Waals surface area contributed by atoms with Gasteiger partial charge in [-0.15, -0.1) is 10.2 Å². The number of pyridine rings is 1. The zero-order chi connectivity index (χ0) is 25.2. The third kappa shape index (κ3) is 4.46. The maximum Gasteiger partial charge on any atom is 0.201 e. The summed E-state index contributed by atoms with van der Waals surface area (Å²) in [5, 5.41) is 20.1. The smallest absolute Gasteiger partial charge is 0.201 e. The van der Waals surface area contributed by atoms with E-state index in [4.69, 9.17) is 22.3 Å². The van der Waals surface area contributed by atoms with Crippen LogP contribution in [0.5, 0.6) is 0 Å². The molecule has 4 heterocycles. The van der Waals surface area contributed by atoms with Crippen molar-refractivity contribution in [3.63, 3.8) is 0 Å². The van der Waals surface area contributed by atoms with Crippen LogP contribution in [0.2, 0.25) is 5.02 Å². The molecule has 1 unspecified atom stereocenters. The number of benzene rings is 1. The van der Waals surface area contributed by atoms with Crippen molar-refractivity contribution in [3.05, 3.63) is 94.8 Å². The molecule has 0 radical (unpaired) electrons. The second-order valence-electron chi connectivity index (χ2n) is 8.24. The second-order valence-corrected chi connectivity index (χ2v) is 8.68. The van der Waals surface area contributed by atoms with Crippen molar-refractivity contribution in [2.75, 3.05) is 12.4 Å². The zero-order valence-electron chi connectivity index (χ0n) is 20.0. The lowest BCUT2D eigenvalue weighted by Gasteiger charge is -2.18. The number of aliphatic imine (C=N–C) groups is 2. The first-order valence-corrected chi connectivity index (χ1v) is 11.6. The summed E-state index contributed by atoms with van der Waals surface area (Å²) < 4.78 is 3.64. The topological polar surface area (TPSA) is 123 Å². The number of guanidine groups is 1. The van der Waals surface area contributed by atoms with Crippen LogP contribution in [-0.4, -0.2) is 43.1 Å². The molecule has 1 atom stereocenters. The fourth-order valence-electron chi connectivity index (χ4n) is 4.06. The molecule has 1 aliphatic rings. The third-order valence-electron chi connectivity index (χ3n) is 5.79. The number of anilines is 1. The van der Waals surface area contributed by atoms with E-state index in [-0.39, 0.29) is 6.04 Å². The zero-order valence-corrected chi connectivity index (χ0v) is 20.8. The number of hydrogen-bond donors (Lipinski definition) is 3. The van der Waals surface area contributed by atoms with Gasteiger partial charge in [0, 0.05) is 48.8 Å². The summed E-state index contributed by atoms with van der Waals surface area (Å²) in [4.78, 5) is 9.29. The van der Waals surface area contributed by atoms with Gasteiger partial charge in [-0.3, -0.25) is 14.1 Å². The molecule has 1 aromatic carbocycles. The molecule has 0 aliphatic carbocycles. The molecule has 36 heavy (non-hydrogen) atoms. The van der Waals surface area contributed by atoms with Crippen molar-refractivity contribution in [2.24, 2.45) is 22.8 Å². The van der Waals surface area contributed by atoms with Crippen molar-refractivity contribution >= 4 is 40.3 Å². The van der Waals surface area contributed by atoms with Crippen molar-refractivity contribution in [1.29, 1.82) is 0 Å². The van der Waals surface area contributed by atoms with Gasteiger partial charge in [0.1, 0.15) is 5.82 Å². The molecule has 0 fully saturated rings. The molecule has 0 amide bonds. The van der Waals surface area contributed by atoms with Crippen molar-refractivity contribution in [1.82, 2.24) is 29.7 Å². The second kappa shape index (κ2) is 9.67. The van der Waals surface area contributed by atoms with Crippen LogP contribution in [0.3, 0.4) is 0 Å². The first-order chi connectivity index (χ1) is 17.4. The molecule has 182 valence electrons. The SMILES string of the molecule is CN=C(C(=C(C)N)c1nnc2cc(C3C=CNC(Nc4ccnn4C)=N3)ccn12)c1cccc(Cl)c1. The molecule has 4 N–H and O–H groups in total. The molecule has 3 aromatic heterocycles. The van der Waals surface area contributed by atoms with Gasteiger partial charge in [-0.05, 0) is 42.8 Å². The minimum atomic E-state index is -0.197. The summed E-state index contributed by atoms with van der Waals surface area (Å²) in [6.07, 6.45) is 7.49. The Morgan fingerprint density at radius 1 is 1.19 bits per heavy atom. The van der Waals surface area contributed by atoms with E-state index in [9.17, 15) is 0 Å². The van der Waals surface area contributed by atoms with Gasteiger partial charge in [0.25, 0.3) is 0 Å². The molecule has 10 nitrogen and oxygen atoms in total. The quantitative estimate of drug-likeness (QED) is 0.360. The van der Waals surface area contributed by atoms with Gasteiger partial charge in [0.05, 0.1) is 23.5 Å². The van der Waals surface area contributed by atoms with Crippen LogP contribution < -0.4 is 16.4 Å². The van der Waals surface area contributed by atoms with E-state index in [1.807, 2.05) is 79.3 Å². The fraction of sp³-hybridized carbons (Fsp3) is 0.160. The summed E-state index contributed by atoms with van der Waals surface area (Å²) in [5.41, 5.74) is 10.8. The normalized spacial score (nSPS) is 16.5. The van der Waals surface area contributed by atoms with Crippen LogP contribution in [0.1, 0.15) is 29.9 Å². The maximum absolute atomic E-state index is 6.34. The van der Waals surface area contributed by atoms with Crippen molar-refractivity contribution < 1.29 is 0 Å². The number of nitrogens with two attached hydrogens (primary N) is 1. The molecule has 0 saturated carbocycles. The molecule has 0 saturated heterocycles. The van der Waals surface area contributed by atoms with E-state index in [1.165, 1.54) is 0 Å². The van der Waals surface area contributed by atoms with E-state index in [1.54, 1.807) is 17.9 Å². The standard InChI is InChI=1S/C25H25ClN10/c1-15(27)22(23(28-2)17-5-4-6-18(26)13-17)24-34-33-21-14-16(9-12-36(21)24)19-7-10-29-25(31-19)32-20-8-11-30-35(20)3/h4-14,19H,27H2,1-3H3,(H2,29,31,32). The van der Waals surface area contributed by atoms with Crippen LogP contribution in [0.4, 0.5) is 5.82 Å². The Morgan fingerprint density at radius 3 is 2.78 bits per heavy atom. The molecular formula is C25H25ClN10. The monoisotopic (exact) mass is 500 g/mol. The summed E-state index contributed by atoms with van der Waals surface area (Å²) >= 11 is 6.23. The maximum atomic E-state index is 6.34. The molecule has 11 heteroatoms. The van der Waals surface area contributed by atoms with E-state index in [0.29, 0.717) is 39.4 Å². The van der Waals surface area contributed by atoms with Gasteiger partial charge in [0.2, 0.25) is 5.96 Å². The molecule has 1 aliphatic heterocycles. The third-order valence-corrected chi connectivity index (χ3v) is 6.02. The highest BCUT2D eigenvalue weighted by molar-refractivity contribution is 6.34. The average molecular weight is 501 g/mol. The van der Waals surface area contributed by atoms with Crippen LogP contribution in [0, 0.1) is 0 Å². The van der Waals surface area contributed by atoms with E-state index >= 15 is 0 Å². The predicted molar refractivity (Wildman–Crippen MR) is 143 cm³/mol. The lowest BCUT2D eigenvalue weighted by atomic mass is 10.00. The minimum Gasteiger partial charge on any atom is -0.402 e. The van der Waals surface area contributed by atoms with Crippen LogP contribution in [0.25, 0.3) is 11.2 Å². The van der Waals surface area contributed by atoms with E-state index < -0.39 is 0 Å². The van der Waals surface area contributed by atoms with Crippen molar-refractivity contribution in [2.45, 2.75) is 13.0 Å². The van der Waals surface area contributed by atoms with Crippen LogP contribution in [0.15, 0.2) is 82.8 Å². The number of nitrogens with zero attached hydrogens (tertiary/aromatic N) is 7. The molecular weight excluding hydrogens is 476 g/mol. The molecule has 4 aromatic rings. The molecule has 0 spiro atoms. The van der Waals surface area contributed by atoms with Crippen LogP contribution in [-0.2, 0) is 7.05 Å². The number of nitrogens with one attached hydrogen (secondary N) is 2. The summed E-state index contributed by atoms with van der Waals surface area (Å²) in [5.74, 6) is 2.06. The first kappa shape index (κ1) is 23.3. The Bertz CT molecular complexity index is 1550. The number of allylic oxidation sites excluding steroid dienone is 2. The summed E-state index contributed by atoms with van der Waals surface area (Å²) in [7, 11) is 3.59.